The van der Waals surface area contributed by atoms with Gasteiger partial charge in [-0.05, 0) is 36.5 Å². The number of nitrogens with one attached hydrogen (secondary N) is 1. The van der Waals surface area contributed by atoms with Gasteiger partial charge >= 0.3 is 0 Å². The summed E-state index contributed by atoms with van der Waals surface area (Å²) in [6.07, 6.45) is 1.67. The van der Waals surface area contributed by atoms with Crippen LogP contribution in [0.15, 0.2) is 24.3 Å². The van der Waals surface area contributed by atoms with Crippen LogP contribution >= 0.6 is 0 Å². The average molecular weight is 321 g/mol. The van der Waals surface area contributed by atoms with E-state index in [4.69, 9.17) is 5.73 Å². The molecule has 1 fully saturated rings. The number of nitrogens with two attached hydrogens (primary N) is 1. The quantitative estimate of drug-likeness (QED) is 0.865. The van der Waals surface area contributed by atoms with Gasteiger partial charge in [0.2, 0.25) is 11.8 Å². The van der Waals surface area contributed by atoms with Gasteiger partial charge in [0, 0.05) is 6.54 Å². The Morgan fingerprint density at radius 2 is 2.17 bits per heavy atom. The van der Waals surface area contributed by atoms with Gasteiger partial charge in [-0.15, -0.1) is 0 Å². The molecule has 0 bridgehead atoms. The fourth-order valence-electron chi connectivity index (χ4n) is 2.81. The summed E-state index contributed by atoms with van der Waals surface area (Å²) in [5.74, 6) is -0.786. The van der Waals surface area contributed by atoms with Crippen LogP contribution in [0.25, 0.3) is 0 Å². The van der Waals surface area contributed by atoms with Gasteiger partial charge < -0.3 is 16.0 Å². The normalized spacial score (nSPS) is 19.0. The lowest BCUT2D eigenvalue weighted by Crippen LogP contribution is -2.47. The molecule has 2 amide bonds. The zero-order valence-corrected chi connectivity index (χ0v) is 13.6. The third kappa shape index (κ3) is 4.28. The molecule has 2 atom stereocenters. The second-order valence-electron chi connectivity index (χ2n) is 6.29. The largest absolute Gasteiger partial charge is 0.346 e. The predicted octanol–water partition coefficient (Wildman–Crippen LogP) is 1.59. The third-order valence-corrected chi connectivity index (χ3v) is 4.24. The van der Waals surface area contributed by atoms with E-state index in [0.29, 0.717) is 6.54 Å². The maximum Gasteiger partial charge on any atom is 0.242 e. The first-order valence-electron chi connectivity index (χ1n) is 7.98. The van der Waals surface area contributed by atoms with Gasteiger partial charge in [0.05, 0.1) is 18.6 Å². The Bertz CT molecular complexity index is 577. The van der Waals surface area contributed by atoms with E-state index in [1.165, 1.54) is 12.1 Å². The molecule has 1 aromatic carbocycles. The first-order chi connectivity index (χ1) is 10.9. The highest BCUT2D eigenvalue weighted by Gasteiger charge is 2.30. The molecule has 1 unspecified atom stereocenters. The number of halogens is 1. The molecule has 126 valence electrons. The molecule has 1 aromatic rings. The van der Waals surface area contributed by atoms with Gasteiger partial charge in [0.15, 0.2) is 0 Å². The molecule has 0 saturated carbocycles. The van der Waals surface area contributed by atoms with Crippen molar-refractivity contribution >= 4 is 11.8 Å². The van der Waals surface area contributed by atoms with Crippen molar-refractivity contribution in [1.82, 2.24) is 10.2 Å². The fourth-order valence-corrected chi connectivity index (χ4v) is 2.81. The van der Waals surface area contributed by atoms with Gasteiger partial charge in [-0.2, -0.15) is 0 Å². The average Bonchev–Trinajstić information content (AvgIpc) is 3.01. The Morgan fingerprint density at radius 3 is 2.83 bits per heavy atom. The monoisotopic (exact) mass is 321 g/mol. The van der Waals surface area contributed by atoms with Gasteiger partial charge in [-0.3, -0.25) is 9.59 Å². The number of benzene rings is 1. The maximum absolute atomic E-state index is 13.4. The molecule has 3 N–H and O–H groups in total. The first-order valence-corrected chi connectivity index (χ1v) is 7.98. The third-order valence-electron chi connectivity index (χ3n) is 4.24. The highest BCUT2D eigenvalue weighted by molar-refractivity contribution is 5.87. The van der Waals surface area contributed by atoms with E-state index in [9.17, 15) is 14.0 Å². The summed E-state index contributed by atoms with van der Waals surface area (Å²) in [6.45, 7) is 4.25. The van der Waals surface area contributed by atoms with E-state index >= 15 is 0 Å². The van der Waals surface area contributed by atoms with Crippen molar-refractivity contribution in [3.8, 4) is 0 Å². The summed E-state index contributed by atoms with van der Waals surface area (Å²) in [5.41, 5.74) is 6.55. The number of rotatable bonds is 5. The molecule has 0 aromatic heterocycles. The molecule has 2 rings (SSSR count). The number of nitrogens with zero attached hydrogens (tertiary/aromatic N) is 1. The van der Waals surface area contributed by atoms with Crippen LogP contribution < -0.4 is 11.1 Å². The minimum atomic E-state index is -0.625. The van der Waals surface area contributed by atoms with E-state index in [2.05, 4.69) is 5.32 Å². The van der Waals surface area contributed by atoms with Gasteiger partial charge in [0.1, 0.15) is 5.82 Å². The lowest BCUT2D eigenvalue weighted by molar-refractivity contribution is -0.134. The van der Waals surface area contributed by atoms with Crippen molar-refractivity contribution in [3.63, 3.8) is 0 Å². The number of carbonyl (C=O) groups is 2. The van der Waals surface area contributed by atoms with E-state index in [1.54, 1.807) is 11.0 Å². The van der Waals surface area contributed by atoms with E-state index in [-0.39, 0.29) is 36.1 Å². The summed E-state index contributed by atoms with van der Waals surface area (Å²) in [4.78, 5) is 25.9. The summed E-state index contributed by atoms with van der Waals surface area (Å²) < 4.78 is 13.4. The van der Waals surface area contributed by atoms with Crippen LogP contribution in [0.4, 0.5) is 4.39 Å². The molecule has 5 nitrogen and oxygen atoms in total. The molecule has 1 aliphatic heterocycles. The molecule has 23 heavy (non-hydrogen) atoms. The number of hydrogen-bond donors (Lipinski definition) is 2. The standard InChI is InChI=1S/C17H24FN3O2/c1-11(2)16(19)17(23)20-10-15(22)21-8-4-7-14(21)12-5-3-6-13(18)9-12/h3,5-6,9,11,14,16H,4,7-8,10,19H2,1-2H3,(H,20,23)/t14?,16-/m0/s1. The highest BCUT2D eigenvalue weighted by atomic mass is 19.1. The van der Waals surface area contributed by atoms with Crippen LogP contribution in [-0.4, -0.2) is 35.8 Å². The van der Waals surface area contributed by atoms with Crippen LogP contribution in [-0.2, 0) is 9.59 Å². The molecule has 0 radical (unpaired) electrons. The van der Waals surface area contributed by atoms with Gasteiger partial charge in [-0.25, -0.2) is 4.39 Å². The molecule has 1 aliphatic rings. The lowest BCUT2D eigenvalue weighted by Gasteiger charge is -2.26. The number of carbonyl (C=O) groups excluding carboxylic acids is 2. The molecule has 0 spiro atoms. The van der Waals surface area contributed by atoms with Crippen molar-refractivity contribution in [1.29, 1.82) is 0 Å². The van der Waals surface area contributed by atoms with E-state index in [1.807, 2.05) is 19.9 Å². The number of hydrogen-bond acceptors (Lipinski definition) is 3. The zero-order valence-electron chi connectivity index (χ0n) is 13.6. The molecule has 0 aliphatic carbocycles. The Labute approximate surface area is 136 Å². The molecular weight excluding hydrogens is 297 g/mol. The minimum absolute atomic E-state index is 0.0110. The van der Waals surface area contributed by atoms with Crippen molar-refractivity contribution in [2.75, 3.05) is 13.1 Å². The fraction of sp³-hybridized carbons (Fsp3) is 0.529. The van der Waals surface area contributed by atoms with Crippen LogP contribution in [0.3, 0.4) is 0 Å². The molecule has 1 heterocycles. The van der Waals surface area contributed by atoms with Crippen molar-refractivity contribution in [3.05, 3.63) is 35.6 Å². The van der Waals surface area contributed by atoms with Crippen molar-refractivity contribution in [2.24, 2.45) is 11.7 Å². The van der Waals surface area contributed by atoms with E-state index in [0.717, 1.165) is 18.4 Å². The second kappa shape index (κ2) is 7.55. The summed E-state index contributed by atoms with van der Waals surface area (Å²) in [6, 6.07) is 5.57. The van der Waals surface area contributed by atoms with E-state index < -0.39 is 6.04 Å². The van der Waals surface area contributed by atoms with Crippen LogP contribution in [0.1, 0.15) is 38.3 Å². The first kappa shape index (κ1) is 17.4. The summed E-state index contributed by atoms with van der Waals surface area (Å²) in [5, 5.41) is 2.59. The lowest BCUT2D eigenvalue weighted by atomic mass is 10.0. The SMILES string of the molecule is CC(C)[C@H](N)C(=O)NCC(=O)N1CCCC1c1cccc(F)c1. The van der Waals surface area contributed by atoms with Gasteiger partial charge in [-0.1, -0.05) is 26.0 Å². The Hall–Kier alpha value is -1.95. The molecule has 6 heteroatoms. The Balaban J connectivity index is 1.97. The number of likely N-dealkylation sites (tertiary alicyclic amines) is 1. The van der Waals surface area contributed by atoms with Crippen LogP contribution in [0.2, 0.25) is 0 Å². The topological polar surface area (TPSA) is 75.4 Å². The zero-order chi connectivity index (χ0) is 17.0. The van der Waals surface area contributed by atoms with Crippen molar-refractivity contribution in [2.45, 2.75) is 38.8 Å². The Kier molecular flexibility index (Phi) is 5.71. The molecule has 1 saturated heterocycles. The predicted molar refractivity (Wildman–Crippen MR) is 85.9 cm³/mol. The summed E-state index contributed by atoms with van der Waals surface area (Å²) >= 11 is 0. The smallest absolute Gasteiger partial charge is 0.242 e. The van der Waals surface area contributed by atoms with Crippen LogP contribution in [0.5, 0.6) is 0 Å². The van der Waals surface area contributed by atoms with Crippen LogP contribution in [0, 0.1) is 11.7 Å². The Morgan fingerprint density at radius 1 is 1.43 bits per heavy atom. The maximum atomic E-state index is 13.4. The van der Waals surface area contributed by atoms with Gasteiger partial charge in [0.25, 0.3) is 0 Å². The molecular formula is C17H24FN3O2. The number of amides is 2. The minimum Gasteiger partial charge on any atom is -0.346 e. The highest BCUT2D eigenvalue weighted by Crippen LogP contribution is 2.32. The summed E-state index contributed by atoms with van der Waals surface area (Å²) in [7, 11) is 0. The second-order valence-corrected chi connectivity index (χ2v) is 6.29. The van der Waals surface area contributed by atoms with Crippen molar-refractivity contribution < 1.29 is 14.0 Å².